The molecule has 0 fully saturated rings. The lowest BCUT2D eigenvalue weighted by molar-refractivity contribution is -0.163. The van der Waals surface area contributed by atoms with E-state index in [0.717, 1.165) is 38.5 Å². The summed E-state index contributed by atoms with van der Waals surface area (Å²) in [5.74, 6) is -0.723. The zero-order chi connectivity index (χ0) is 28.1. The highest BCUT2D eigenvalue weighted by molar-refractivity contribution is 5.86. The van der Waals surface area contributed by atoms with Crippen LogP contribution in [-0.2, 0) is 14.3 Å². The number of aliphatic hydroxyl groups is 2. The Labute approximate surface area is 235 Å². The van der Waals surface area contributed by atoms with Gasteiger partial charge in [-0.15, -0.1) is 0 Å². The largest absolute Gasteiger partial charge is 0.451 e. The molecule has 0 saturated heterocycles. The fourth-order valence-electron chi connectivity index (χ4n) is 5.05. The maximum atomic E-state index is 12.6. The second-order valence-corrected chi connectivity index (χ2v) is 11.4. The Kier molecular flexibility index (Phi) is 28.3. The van der Waals surface area contributed by atoms with Crippen LogP contribution >= 0.6 is 0 Å². The Morgan fingerprint density at radius 3 is 1.18 bits per heavy atom. The predicted molar refractivity (Wildman–Crippen MR) is 159 cm³/mol. The number of hydrogen-bond donors (Lipinski definition) is 2. The van der Waals surface area contributed by atoms with Gasteiger partial charge in [-0.05, 0) is 12.8 Å². The van der Waals surface area contributed by atoms with Crippen molar-refractivity contribution in [3.63, 3.8) is 0 Å². The summed E-state index contributed by atoms with van der Waals surface area (Å²) >= 11 is 0. The van der Waals surface area contributed by atoms with Crippen molar-refractivity contribution in [1.29, 1.82) is 0 Å². The van der Waals surface area contributed by atoms with E-state index in [0.29, 0.717) is 0 Å². The number of ether oxygens (including phenoxy) is 1. The quantitative estimate of drug-likeness (QED) is 0.0701. The van der Waals surface area contributed by atoms with Gasteiger partial charge in [-0.2, -0.15) is 0 Å². The van der Waals surface area contributed by atoms with Gasteiger partial charge in [0.1, 0.15) is 6.10 Å². The van der Waals surface area contributed by atoms with Crippen molar-refractivity contribution >= 4 is 11.8 Å². The van der Waals surface area contributed by atoms with Gasteiger partial charge in [-0.1, -0.05) is 155 Å². The number of aliphatic hydroxyl groups excluding tert-OH is 2. The van der Waals surface area contributed by atoms with E-state index in [2.05, 4.69) is 13.8 Å². The minimum Gasteiger partial charge on any atom is -0.451 e. The smallest absolute Gasteiger partial charge is 0.306 e. The van der Waals surface area contributed by atoms with Crippen molar-refractivity contribution in [1.82, 2.24) is 0 Å². The molecule has 226 valence electrons. The number of carbonyl (C=O) groups excluding carboxylic acids is 2. The second kappa shape index (κ2) is 29.1. The minimum atomic E-state index is -1.34. The lowest BCUT2D eigenvalue weighted by Crippen LogP contribution is -2.40. The fourth-order valence-corrected chi connectivity index (χ4v) is 5.05. The summed E-state index contributed by atoms with van der Waals surface area (Å²) in [6.07, 6.45) is 27.3. The summed E-state index contributed by atoms with van der Waals surface area (Å²) in [5, 5.41) is 19.4. The summed E-state index contributed by atoms with van der Waals surface area (Å²) < 4.78 is 5.32. The van der Waals surface area contributed by atoms with Gasteiger partial charge < -0.3 is 14.9 Å². The molecule has 0 spiro atoms. The van der Waals surface area contributed by atoms with Gasteiger partial charge in [0, 0.05) is 12.8 Å². The normalized spacial score (nSPS) is 12.9. The molecule has 0 aromatic carbocycles. The summed E-state index contributed by atoms with van der Waals surface area (Å²) in [7, 11) is 0. The first-order chi connectivity index (χ1) is 18.6. The SMILES string of the molecule is CCCCCCCCCCCCCCCC(=O)OC(C(=O)CCCCCCCCCCCCC)C(O)CO. The van der Waals surface area contributed by atoms with Crippen LogP contribution in [0.1, 0.15) is 181 Å². The average Bonchev–Trinajstić information content (AvgIpc) is 2.92. The van der Waals surface area contributed by atoms with Crippen LogP contribution in [0, 0.1) is 0 Å². The number of ketones is 1. The van der Waals surface area contributed by atoms with Gasteiger partial charge in [0.25, 0.3) is 0 Å². The molecule has 2 atom stereocenters. The molecule has 0 amide bonds. The highest BCUT2D eigenvalue weighted by Gasteiger charge is 2.29. The van der Waals surface area contributed by atoms with Gasteiger partial charge in [0.15, 0.2) is 11.9 Å². The topological polar surface area (TPSA) is 83.8 Å². The molecule has 0 aromatic rings. The molecule has 0 aliphatic heterocycles. The van der Waals surface area contributed by atoms with Gasteiger partial charge in [-0.25, -0.2) is 0 Å². The molecule has 5 nitrogen and oxygen atoms in total. The van der Waals surface area contributed by atoms with Gasteiger partial charge in [0.2, 0.25) is 0 Å². The fraction of sp³-hybridized carbons (Fsp3) is 0.939. The minimum absolute atomic E-state index is 0.262. The van der Waals surface area contributed by atoms with Crippen molar-refractivity contribution in [2.45, 2.75) is 193 Å². The molecule has 2 unspecified atom stereocenters. The lowest BCUT2D eigenvalue weighted by Gasteiger charge is -2.20. The number of rotatable bonds is 30. The molecule has 2 N–H and O–H groups in total. The van der Waals surface area contributed by atoms with Crippen LogP contribution in [-0.4, -0.2) is 40.8 Å². The van der Waals surface area contributed by atoms with E-state index in [-0.39, 0.29) is 18.6 Å². The predicted octanol–water partition coefficient (Wildman–Crippen LogP) is 9.00. The van der Waals surface area contributed by atoms with Crippen molar-refractivity contribution in [3.05, 3.63) is 0 Å². The number of Topliss-reactive ketones (excluding diaryl/α,β-unsaturated/α-hetero) is 1. The Balaban J connectivity index is 3.83. The molecule has 0 heterocycles. The highest BCUT2D eigenvalue weighted by Crippen LogP contribution is 2.16. The summed E-state index contributed by atoms with van der Waals surface area (Å²) in [6.45, 7) is 3.91. The van der Waals surface area contributed by atoms with Gasteiger partial charge in [0.05, 0.1) is 6.61 Å². The van der Waals surface area contributed by atoms with E-state index < -0.39 is 24.8 Å². The van der Waals surface area contributed by atoms with Crippen molar-refractivity contribution in [2.24, 2.45) is 0 Å². The zero-order valence-corrected chi connectivity index (χ0v) is 25.4. The third-order valence-electron chi connectivity index (χ3n) is 7.62. The first kappa shape index (κ1) is 37.1. The lowest BCUT2D eigenvalue weighted by atomic mass is 10.0. The van der Waals surface area contributed by atoms with Crippen molar-refractivity contribution in [2.75, 3.05) is 6.61 Å². The van der Waals surface area contributed by atoms with E-state index >= 15 is 0 Å². The number of esters is 1. The molecule has 0 radical (unpaired) electrons. The standard InChI is InChI=1S/C33H64O5/c1-3-5-7-9-11-13-15-16-18-20-22-24-26-28-32(37)38-33(31(36)29-34)30(35)27-25-23-21-19-17-14-12-10-8-6-4-2/h31,33-34,36H,3-29H2,1-2H3. The second-order valence-electron chi connectivity index (χ2n) is 11.4. The monoisotopic (exact) mass is 540 g/mol. The Morgan fingerprint density at radius 2 is 0.842 bits per heavy atom. The Hall–Kier alpha value is -0.940. The van der Waals surface area contributed by atoms with Crippen LogP contribution in [0.15, 0.2) is 0 Å². The summed E-state index contributed by atoms with van der Waals surface area (Å²) in [4.78, 5) is 24.9. The first-order valence-corrected chi connectivity index (χ1v) is 16.6. The van der Waals surface area contributed by atoms with E-state index in [1.807, 2.05) is 0 Å². The molecule has 5 heteroatoms. The van der Waals surface area contributed by atoms with Gasteiger partial charge in [-0.3, -0.25) is 9.59 Å². The van der Waals surface area contributed by atoms with Crippen LogP contribution in [0.3, 0.4) is 0 Å². The van der Waals surface area contributed by atoms with Crippen LogP contribution in [0.25, 0.3) is 0 Å². The number of unbranched alkanes of at least 4 members (excludes halogenated alkanes) is 22. The molecule has 38 heavy (non-hydrogen) atoms. The van der Waals surface area contributed by atoms with Crippen LogP contribution in [0.5, 0.6) is 0 Å². The molecule has 0 rings (SSSR count). The molecule has 0 aliphatic carbocycles. The highest BCUT2D eigenvalue weighted by atomic mass is 16.6. The van der Waals surface area contributed by atoms with E-state index in [4.69, 9.17) is 4.74 Å². The van der Waals surface area contributed by atoms with E-state index in [9.17, 15) is 19.8 Å². The molecule has 0 aliphatic rings. The molecule has 0 aromatic heterocycles. The molecule has 0 bridgehead atoms. The zero-order valence-electron chi connectivity index (χ0n) is 25.4. The Bertz CT molecular complexity index is 522. The first-order valence-electron chi connectivity index (χ1n) is 16.6. The van der Waals surface area contributed by atoms with Crippen LogP contribution in [0.4, 0.5) is 0 Å². The number of carbonyl (C=O) groups is 2. The maximum absolute atomic E-state index is 12.6. The third-order valence-corrected chi connectivity index (χ3v) is 7.62. The van der Waals surface area contributed by atoms with E-state index in [1.165, 1.54) is 116 Å². The van der Waals surface area contributed by atoms with Gasteiger partial charge >= 0.3 is 5.97 Å². The molecular weight excluding hydrogens is 476 g/mol. The average molecular weight is 541 g/mol. The van der Waals surface area contributed by atoms with Crippen molar-refractivity contribution < 1.29 is 24.5 Å². The maximum Gasteiger partial charge on any atom is 0.306 e. The third kappa shape index (κ3) is 24.1. The summed E-state index contributed by atoms with van der Waals surface area (Å²) in [5.41, 5.74) is 0. The van der Waals surface area contributed by atoms with Crippen LogP contribution < -0.4 is 0 Å². The molecule has 0 saturated carbocycles. The Morgan fingerprint density at radius 1 is 0.526 bits per heavy atom. The summed E-state index contributed by atoms with van der Waals surface area (Å²) in [6, 6.07) is 0. The van der Waals surface area contributed by atoms with Crippen LogP contribution in [0.2, 0.25) is 0 Å². The molecular formula is C33H64O5. The van der Waals surface area contributed by atoms with Crippen molar-refractivity contribution in [3.8, 4) is 0 Å². The van der Waals surface area contributed by atoms with E-state index in [1.54, 1.807) is 0 Å². The number of hydrogen-bond acceptors (Lipinski definition) is 5.